The highest BCUT2D eigenvalue weighted by Crippen LogP contribution is 2.37. The second kappa shape index (κ2) is 6.03. The van der Waals surface area contributed by atoms with E-state index in [4.69, 9.17) is 33.7 Å². The first-order chi connectivity index (χ1) is 10.0. The summed E-state index contributed by atoms with van der Waals surface area (Å²) in [5, 5.41) is 0.982. The van der Waals surface area contributed by atoms with Gasteiger partial charge in [0, 0.05) is 30.2 Å². The van der Waals surface area contributed by atoms with Crippen LogP contribution in [0.15, 0.2) is 18.2 Å². The summed E-state index contributed by atoms with van der Waals surface area (Å²) in [7, 11) is 0. The molecular weight excluding hydrogens is 311 g/mol. The number of rotatable bonds is 3. The number of hydrogen-bond donors (Lipinski definition) is 1. The largest absolute Gasteiger partial charge is 0.482 e. The summed E-state index contributed by atoms with van der Waals surface area (Å²) in [6, 6.07) is 5.19. The van der Waals surface area contributed by atoms with Crippen molar-refractivity contribution in [2.24, 2.45) is 17.6 Å². The molecule has 1 aliphatic heterocycles. The molecule has 1 amide bonds. The minimum Gasteiger partial charge on any atom is -0.482 e. The lowest BCUT2D eigenvalue weighted by Gasteiger charge is -2.19. The van der Waals surface area contributed by atoms with Crippen LogP contribution in [0.25, 0.3) is 0 Å². The lowest BCUT2D eigenvalue weighted by molar-refractivity contribution is -0.132. The number of carbonyl (C=O) groups is 1. The van der Waals surface area contributed by atoms with Gasteiger partial charge in [0.2, 0.25) is 0 Å². The Kier molecular flexibility index (Phi) is 4.29. The van der Waals surface area contributed by atoms with Gasteiger partial charge in [0.1, 0.15) is 5.75 Å². The highest BCUT2D eigenvalue weighted by atomic mass is 35.5. The predicted octanol–water partition coefficient (Wildman–Crippen LogP) is 2.57. The van der Waals surface area contributed by atoms with E-state index >= 15 is 0 Å². The molecule has 114 valence electrons. The third-order valence-corrected chi connectivity index (χ3v) is 5.06. The van der Waals surface area contributed by atoms with Gasteiger partial charge in [0.25, 0.3) is 5.91 Å². The Morgan fingerprint density at radius 3 is 2.90 bits per heavy atom. The van der Waals surface area contributed by atoms with Gasteiger partial charge in [-0.1, -0.05) is 23.2 Å². The maximum atomic E-state index is 12.2. The quantitative estimate of drug-likeness (QED) is 0.927. The molecule has 3 rings (SSSR count). The van der Waals surface area contributed by atoms with Crippen LogP contribution in [0, 0.1) is 11.8 Å². The summed E-state index contributed by atoms with van der Waals surface area (Å²) in [6.07, 6.45) is 2.20. The van der Waals surface area contributed by atoms with Crippen LogP contribution in [0.5, 0.6) is 5.75 Å². The molecule has 21 heavy (non-hydrogen) atoms. The Balaban J connectivity index is 1.57. The van der Waals surface area contributed by atoms with Crippen LogP contribution in [0.1, 0.15) is 12.8 Å². The van der Waals surface area contributed by atoms with Crippen molar-refractivity contribution in [1.29, 1.82) is 0 Å². The monoisotopic (exact) mass is 328 g/mol. The minimum absolute atomic E-state index is 0.0191. The van der Waals surface area contributed by atoms with Crippen LogP contribution in [-0.4, -0.2) is 36.5 Å². The molecule has 0 radical (unpaired) electrons. The molecule has 0 spiro atoms. The fraction of sp³-hybridized carbons (Fsp3) is 0.533. The molecule has 0 aromatic heterocycles. The van der Waals surface area contributed by atoms with Crippen molar-refractivity contribution in [2.75, 3.05) is 19.7 Å². The molecule has 3 atom stereocenters. The number of ether oxygens (including phenoxy) is 1. The van der Waals surface area contributed by atoms with Crippen LogP contribution in [0.2, 0.25) is 10.0 Å². The van der Waals surface area contributed by atoms with Gasteiger partial charge in [0.05, 0.1) is 5.02 Å². The summed E-state index contributed by atoms with van der Waals surface area (Å²) < 4.78 is 5.50. The lowest BCUT2D eigenvalue weighted by atomic mass is 9.98. The average Bonchev–Trinajstić information content (AvgIpc) is 3.02. The van der Waals surface area contributed by atoms with E-state index in [2.05, 4.69) is 0 Å². The third-order valence-electron chi connectivity index (χ3n) is 4.51. The maximum Gasteiger partial charge on any atom is 0.260 e. The molecule has 2 N–H and O–H groups in total. The number of likely N-dealkylation sites (tertiary alicyclic amines) is 1. The van der Waals surface area contributed by atoms with E-state index in [0.29, 0.717) is 27.6 Å². The molecular formula is C15H18Cl2N2O2. The number of amides is 1. The molecule has 1 aliphatic carbocycles. The molecule has 3 unspecified atom stereocenters. The SMILES string of the molecule is NC1CCC2CN(C(=O)COc3cc(Cl)ccc3Cl)CC12. The summed E-state index contributed by atoms with van der Waals surface area (Å²) >= 11 is 11.9. The maximum absolute atomic E-state index is 12.2. The van der Waals surface area contributed by atoms with E-state index in [-0.39, 0.29) is 18.6 Å². The van der Waals surface area contributed by atoms with Crippen LogP contribution in [0.3, 0.4) is 0 Å². The summed E-state index contributed by atoms with van der Waals surface area (Å²) in [6.45, 7) is 1.52. The van der Waals surface area contributed by atoms with Crippen LogP contribution >= 0.6 is 23.2 Å². The predicted molar refractivity (Wildman–Crippen MR) is 82.7 cm³/mol. The van der Waals surface area contributed by atoms with Gasteiger partial charge in [-0.3, -0.25) is 4.79 Å². The van der Waals surface area contributed by atoms with Crippen molar-refractivity contribution in [2.45, 2.75) is 18.9 Å². The zero-order valence-corrected chi connectivity index (χ0v) is 13.1. The van der Waals surface area contributed by atoms with Crippen LogP contribution in [-0.2, 0) is 4.79 Å². The zero-order valence-electron chi connectivity index (χ0n) is 11.6. The molecule has 1 saturated carbocycles. The van der Waals surface area contributed by atoms with E-state index in [0.717, 1.165) is 25.9 Å². The normalized spacial score (nSPS) is 27.8. The van der Waals surface area contributed by atoms with Crippen molar-refractivity contribution < 1.29 is 9.53 Å². The third kappa shape index (κ3) is 3.12. The van der Waals surface area contributed by atoms with Gasteiger partial charge in [-0.05, 0) is 36.8 Å². The van der Waals surface area contributed by atoms with Gasteiger partial charge < -0.3 is 15.4 Å². The van der Waals surface area contributed by atoms with Crippen molar-refractivity contribution in [1.82, 2.24) is 4.90 Å². The Morgan fingerprint density at radius 1 is 1.33 bits per heavy atom. The van der Waals surface area contributed by atoms with E-state index in [1.54, 1.807) is 18.2 Å². The molecule has 4 nitrogen and oxygen atoms in total. The van der Waals surface area contributed by atoms with Gasteiger partial charge in [-0.15, -0.1) is 0 Å². The van der Waals surface area contributed by atoms with Crippen molar-refractivity contribution in [3.63, 3.8) is 0 Å². The molecule has 6 heteroatoms. The van der Waals surface area contributed by atoms with Crippen LogP contribution in [0.4, 0.5) is 0 Å². The molecule has 2 aliphatic rings. The summed E-state index contributed by atoms with van der Waals surface area (Å²) in [4.78, 5) is 14.1. The Bertz CT molecular complexity index is 552. The molecule has 0 bridgehead atoms. The van der Waals surface area contributed by atoms with Crippen molar-refractivity contribution in [3.8, 4) is 5.75 Å². The number of nitrogens with two attached hydrogens (primary N) is 1. The summed E-state index contributed by atoms with van der Waals surface area (Å²) in [5.74, 6) is 1.42. The minimum atomic E-state index is -0.0207. The van der Waals surface area contributed by atoms with Crippen molar-refractivity contribution in [3.05, 3.63) is 28.2 Å². The number of hydrogen-bond acceptors (Lipinski definition) is 3. The van der Waals surface area contributed by atoms with Crippen LogP contribution < -0.4 is 10.5 Å². The van der Waals surface area contributed by atoms with E-state index < -0.39 is 0 Å². The smallest absolute Gasteiger partial charge is 0.260 e. The number of fused-ring (bicyclic) bond motifs is 1. The Labute approximate surface area is 134 Å². The number of nitrogens with zero attached hydrogens (tertiary/aromatic N) is 1. The lowest BCUT2D eigenvalue weighted by Crippen LogP contribution is -2.36. The molecule has 1 heterocycles. The second-order valence-electron chi connectivity index (χ2n) is 5.83. The Hall–Kier alpha value is -0.970. The standard InChI is InChI=1S/C15H18Cl2N2O2/c16-10-2-3-12(17)14(5-10)21-8-15(20)19-6-9-1-4-13(18)11(9)7-19/h2-3,5,9,11,13H,1,4,6-8,18H2. The van der Waals surface area contributed by atoms with E-state index in [1.165, 1.54) is 0 Å². The number of benzene rings is 1. The zero-order chi connectivity index (χ0) is 15.0. The molecule has 2 fully saturated rings. The fourth-order valence-corrected chi connectivity index (χ4v) is 3.66. The number of halogens is 2. The van der Waals surface area contributed by atoms with E-state index in [1.807, 2.05) is 4.90 Å². The fourth-order valence-electron chi connectivity index (χ4n) is 3.33. The average molecular weight is 329 g/mol. The Morgan fingerprint density at radius 2 is 2.14 bits per heavy atom. The van der Waals surface area contributed by atoms with Crippen molar-refractivity contribution >= 4 is 29.1 Å². The van der Waals surface area contributed by atoms with Gasteiger partial charge in [-0.25, -0.2) is 0 Å². The van der Waals surface area contributed by atoms with Gasteiger partial charge in [0.15, 0.2) is 6.61 Å². The molecule has 1 aromatic carbocycles. The topological polar surface area (TPSA) is 55.6 Å². The second-order valence-corrected chi connectivity index (χ2v) is 6.67. The first-order valence-electron chi connectivity index (χ1n) is 7.16. The first kappa shape index (κ1) is 14.9. The van der Waals surface area contributed by atoms with E-state index in [9.17, 15) is 4.79 Å². The number of carbonyl (C=O) groups excluding carboxylic acids is 1. The summed E-state index contributed by atoms with van der Waals surface area (Å²) in [5.41, 5.74) is 6.08. The highest BCUT2D eigenvalue weighted by molar-refractivity contribution is 6.34. The molecule has 1 saturated heterocycles. The highest BCUT2D eigenvalue weighted by Gasteiger charge is 2.42. The molecule has 1 aromatic rings. The first-order valence-corrected chi connectivity index (χ1v) is 7.91. The van der Waals surface area contributed by atoms with Gasteiger partial charge in [-0.2, -0.15) is 0 Å². The van der Waals surface area contributed by atoms with Gasteiger partial charge >= 0.3 is 0 Å².